The molecule has 0 unspecified atom stereocenters. The summed E-state index contributed by atoms with van der Waals surface area (Å²) in [6.07, 6.45) is -8.94. The van der Waals surface area contributed by atoms with Crippen LogP contribution in [-0.4, -0.2) is 106 Å². The zero-order chi connectivity index (χ0) is 32.4. The molecule has 5 rings (SSSR count). The largest absolute Gasteiger partial charge is 0.504 e. The quantitative estimate of drug-likeness (QED) is 0.172. The molecular weight excluding hydrogens is 617 g/mol. The number of ether oxygens (including phenoxy) is 5. The Kier molecular flexibility index (Phi) is 10.3. The number of phenols is 1. The fourth-order valence-electron chi connectivity index (χ4n) is 5.43. The van der Waals surface area contributed by atoms with Gasteiger partial charge in [-0.3, -0.25) is 4.79 Å². The standard InChI is InChI=1S/C31H35ClFNO11/c1-14(8-9-41-18-5-3-4-17(32)12-18)27-23(36)21(33)31(45-27)44-20-7-6-16(11-19(20)35)10-15(2)30(40)34-22-24(37)26(39)29-28(25(22)38)42-13-43-29/h3-8,10-12,21-29,31,35-39H,9,13H2,1-2H3,(H,34,40)/b14-8+,15-10+/t21-,22+,23-,24-,25+,26+,27+,28-,29+,31+/m0/s1. The molecule has 3 aliphatic rings. The number of alkyl halides is 1. The molecule has 3 fully saturated rings. The van der Waals surface area contributed by atoms with E-state index in [-0.39, 0.29) is 30.5 Å². The van der Waals surface area contributed by atoms with Crippen molar-refractivity contribution in [3.05, 3.63) is 70.3 Å². The molecule has 0 aromatic heterocycles. The molecule has 1 saturated carbocycles. The highest BCUT2D eigenvalue weighted by molar-refractivity contribution is 6.30. The number of hydrogen-bond acceptors (Lipinski definition) is 11. The molecule has 0 spiro atoms. The van der Waals surface area contributed by atoms with Gasteiger partial charge in [0.2, 0.25) is 12.2 Å². The first-order valence-corrected chi connectivity index (χ1v) is 14.6. The molecular formula is C31H35ClFNO11. The molecule has 244 valence electrons. The summed E-state index contributed by atoms with van der Waals surface area (Å²) in [5, 5.41) is 55.4. The molecule has 6 N–H and O–H groups in total. The lowest BCUT2D eigenvalue weighted by Gasteiger charge is -2.41. The number of nitrogens with one attached hydrogen (secondary N) is 1. The predicted octanol–water partition coefficient (Wildman–Crippen LogP) is 1.60. The van der Waals surface area contributed by atoms with Crippen molar-refractivity contribution in [2.24, 2.45) is 0 Å². The number of amides is 1. The van der Waals surface area contributed by atoms with Gasteiger partial charge in [-0.25, -0.2) is 4.39 Å². The first-order chi connectivity index (χ1) is 21.4. The Hall–Kier alpha value is -3.27. The fourth-order valence-corrected chi connectivity index (χ4v) is 5.61. The van der Waals surface area contributed by atoms with Crippen LogP contribution in [0.5, 0.6) is 17.2 Å². The lowest BCUT2D eigenvalue weighted by Crippen LogP contribution is -2.67. The van der Waals surface area contributed by atoms with Crippen LogP contribution in [0.3, 0.4) is 0 Å². The maximum atomic E-state index is 14.9. The van der Waals surface area contributed by atoms with E-state index in [9.17, 15) is 34.7 Å². The number of aliphatic hydroxyl groups is 4. The second-order valence-corrected chi connectivity index (χ2v) is 11.5. The lowest BCUT2D eigenvalue weighted by molar-refractivity contribution is -0.155. The van der Waals surface area contributed by atoms with Crippen LogP contribution in [0.25, 0.3) is 6.08 Å². The van der Waals surface area contributed by atoms with Crippen molar-refractivity contribution in [1.29, 1.82) is 0 Å². The summed E-state index contributed by atoms with van der Waals surface area (Å²) in [4.78, 5) is 12.8. The molecule has 2 aliphatic heterocycles. The number of halogens is 2. The Morgan fingerprint density at radius 2 is 1.78 bits per heavy atom. The molecule has 12 nitrogen and oxygen atoms in total. The average Bonchev–Trinajstić information content (AvgIpc) is 3.61. The summed E-state index contributed by atoms with van der Waals surface area (Å²) in [5.74, 6) is -0.596. The van der Waals surface area contributed by atoms with Crippen molar-refractivity contribution in [2.75, 3.05) is 13.4 Å². The molecule has 2 aromatic carbocycles. The number of rotatable bonds is 9. The summed E-state index contributed by atoms with van der Waals surface area (Å²) in [6.45, 7) is 3.11. The van der Waals surface area contributed by atoms with Gasteiger partial charge in [-0.05, 0) is 67.5 Å². The van der Waals surface area contributed by atoms with E-state index in [1.54, 1.807) is 37.3 Å². The zero-order valence-corrected chi connectivity index (χ0v) is 25.1. The molecule has 0 radical (unpaired) electrons. The summed E-state index contributed by atoms with van der Waals surface area (Å²) in [7, 11) is 0. The van der Waals surface area contributed by atoms with Crippen LogP contribution in [0, 0.1) is 0 Å². The van der Waals surface area contributed by atoms with Crippen molar-refractivity contribution >= 4 is 23.6 Å². The van der Waals surface area contributed by atoms with E-state index in [0.29, 0.717) is 21.9 Å². The van der Waals surface area contributed by atoms with Crippen molar-refractivity contribution in [3.63, 3.8) is 0 Å². The monoisotopic (exact) mass is 651 g/mol. The highest BCUT2D eigenvalue weighted by Crippen LogP contribution is 2.35. The minimum atomic E-state index is -1.92. The van der Waals surface area contributed by atoms with E-state index in [1.807, 2.05) is 0 Å². The van der Waals surface area contributed by atoms with Gasteiger partial charge in [0.15, 0.2) is 17.7 Å². The number of benzene rings is 2. The van der Waals surface area contributed by atoms with Crippen molar-refractivity contribution in [1.82, 2.24) is 5.32 Å². The second-order valence-electron chi connectivity index (χ2n) is 11.1. The molecule has 2 heterocycles. The van der Waals surface area contributed by atoms with Gasteiger partial charge in [-0.15, -0.1) is 0 Å². The van der Waals surface area contributed by atoms with Crippen LogP contribution in [0.4, 0.5) is 4.39 Å². The average molecular weight is 652 g/mol. The second kappa shape index (κ2) is 14.0. The van der Waals surface area contributed by atoms with E-state index in [0.717, 1.165) is 0 Å². The third-order valence-corrected chi connectivity index (χ3v) is 8.18. The first kappa shape index (κ1) is 33.1. The maximum absolute atomic E-state index is 14.9. The Labute approximate surface area is 263 Å². The van der Waals surface area contributed by atoms with Gasteiger partial charge in [0.05, 0.1) is 6.04 Å². The summed E-state index contributed by atoms with van der Waals surface area (Å²) >= 11 is 5.95. The summed E-state index contributed by atoms with van der Waals surface area (Å²) in [6, 6.07) is 9.74. The van der Waals surface area contributed by atoms with Crippen LogP contribution in [0.2, 0.25) is 5.02 Å². The van der Waals surface area contributed by atoms with Crippen molar-refractivity contribution in [2.45, 2.75) is 75.1 Å². The van der Waals surface area contributed by atoms with Crippen molar-refractivity contribution in [3.8, 4) is 17.2 Å². The van der Waals surface area contributed by atoms with Crippen LogP contribution in [0.1, 0.15) is 19.4 Å². The minimum absolute atomic E-state index is 0.114. The summed E-state index contributed by atoms with van der Waals surface area (Å²) in [5.41, 5.74) is 1.05. The van der Waals surface area contributed by atoms with Gasteiger partial charge in [0.1, 0.15) is 61.9 Å². The van der Waals surface area contributed by atoms with Gasteiger partial charge in [-0.2, -0.15) is 0 Å². The number of aliphatic hydroxyl groups excluding tert-OH is 4. The number of phenolic OH excluding ortho intramolecular Hbond substituents is 1. The molecule has 45 heavy (non-hydrogen) atoms. The van der Waals surface area contributed by atoms with E-state index in [4.69, 9.17) is 35.3 Å². The molecule has 2 saturated heterocycles. The van der Waals surface area contributed by atoms with Gasteiger partial charge in [0, 0.05) is 10.6 Å². The molecule has 0 bridgehead atoms. The third-order valence-electron chi connectivity index (χ3n) is 7.95. The SMILES string of the molecule is C/C(=C\c1ccc(O[C@@H]2O[C@H](/C(C)=C/COc3cccc(Cl)c3)[C@@H](O)[C@@H]2F)c(O)c1)C(=O)N[C@@H]1[C@H](O)[C@@H](O)[C@H]2OCO[C@H]2[C@@H]1O. The normalized spacial score (nSPS) is 33.5. The smallest absolute Gasteiger partial charge is 0.247 e. The van der Waals surface area contributed by atoms with E-state index in [1.165, 1.54) is 31.2 Å². The summed E-state index contributed by atoms with van der Waals surface area (Å²) < 4.78 is 42.2. The third kappa shape index (κ3) is 7.26. The maximum Gasteiger partial charge on any atom is 0.247 e. The van der Waals surface area contributed by atoms with Gasteiger partial charge in [-0.1, -0.05) is 23.7 Å². The molecule has 1 aliphatic carbocycles. The number of hydrogen-bond donors (Lipinski definition) is 6. The van der Waals surface area contributed by atoms with Gasteiger partial charge < -0.3 is 54.5 Å². The fraction of sp³-hybridized carbons (Fsp3) is 0.452. The predicted molar refractivity (Wildman–Crippen MR) is 157 cm³/mol. The van der Waals surface area contributed by atoms with Crippen molar-refractivity contribution < 1.29 is 58.4 Å². The van der Waals surface area contributed by atoms with Crippen LogP contribution in [-0.2, 0) is 19.0 Å². The number of fused-ring (bicyclic) bond motifs is 1. The van der Waals surface area contributed by atoms with Crippen LogP contribution < -0.4 is 14.8 Å². The van der Waals surface area contributed by atoms with Gasteiger partial charge in [0.25, 0.3) is 0 Å². The Morgan fingerprint density at radius 1 is 1.04 bits per heavy atom. The number of aromatic hydroxyl groups is 1. The van der Waals surface area contributed by atoms with Gasteiger partial charge >= 0.3 is 0 Å². The van der Waals surface area contributed by atoms with E-state index in [2.05, 4.69) is 5.32 Å². The van der Waals surface area contributed by atoms with Crippen LogP contribution in [0.15, 0.2) is 59.7 Å². The highest BCUT2D eigenvalue weighted by atomic mass is 35.5. The molecule has 14 heteroatoms. The van der Waals surface area contributed by atoms with Crippen LogP contribution >= 0.6 is 11.6 Å². The first-order valence-electron chi connectivity index (χ1n) is 14.2. The Morgan fingerprint density at radius 3 is 2.49 bits per heavy atom. The topological polar surface area (TPSA) is 176 Å². The molecule has 1 amide bonds. The van der Waals surface area contributed by atoms with E-state index >= 15 is 0 Å². The Balaban J connectivity index is 1.18. The molecule has 2 aromatic rings. The highest BCUT2D eigenvalue weighted by Gasteiger charge is 2.53. The number of carbonyl (C=O) groups excluding carboxylic acids is 1. The molecule has 10 atom stereocenters. The lowest BCUT2D eigenvalue weighted by atomic mass is 9.83. The number of carbonyl (C=O) groups is 1. The van der Waals surface area contributed by atoms with E-state index < -0.39 is 67.1 Å². The minimum Gasteiger partial charge on any atom is -0.504 e. The zero-order valence-electron chi connectivity index (χ0n) is 24.3. The Bertz CT molecular complexity index is 1440.